The van der Waals surface area contributed by atoms with E-state index in [-0.39, 0.29) is 17.5 Å². The van der Waals surface area contributed by atoms with Gasteiger partial charge in [0.1, 0.15) is 23.6 Å². The molecule has 2 aromatic rings. The number of carbonyl (C=O) groups is 2. The Bertz CT molecular complexity index is 1550. The molecule has 0 saturated heterocycles. The van der Waals surface area contributed by atoms with Crippen LogP contribution in [0.3, 0.4) is 0 Å². The number of hydrogen-bond acceptors (Lipinski definition) is 8. The van der Waals surface area contributed by atoms with Crippen molar-refractivity contribution in [1.82, 2.24) is 10.2 Å². The molecule has 0 spiro atoms. The first-order chi connectivity index (χ1) is 22.5. The Morgan fingerprint density at radius 1 is 0.857 bits per heavy atom. The number of alkyl halides is 4. The third kappa shape index (κ3) is 10.4. The Kier molecular flexibility index (Phi) is 14.3. The van der Waals surface area contributed by atoms with Gasteiger partial charge in [0, 0.05) is 13.8 Å². The fourth-order valence-corrected chi connectivity index (χ4v) is 7.65. The second-order valence-corrected chi connectivity index (χ2v) is 16.6. The van der Waals surface area contributed by atoms with E-state index in [1.54, 1.807) is 32.0 Å². The zero-order chi connectivity index (χ0) is 37.5. The quantitative estimate of drug-likeness (QED) is 0.0662. The van der Waals surface area contributed by atoms with E-state index in [1.165, 1.54) is 12.1 Å². The molecular weight excluding hydrogens is 690 g/mol. The van der Waals surface area contributed by atoms with Crippen molar-refractivity contribution in [2.24, 2.45) is 0 Å². The van der Waals surface area contributed by atoms with Crippen molar-refractivity contribution in [2.75, 3.05) is 14.2 Å². The highest BCUT2D eigenvalue weighted by atomic mass is 31.2. The van der Waals surface area contributed by atoms with Gasteiger partial charge < -0.3 is 18.5 Å². The minimum Gasteiger partial charge on any atom is -0.468 e. The van der Waals surface area contributed by atoms with Crippen molar-refractivity contribution < 1.29 is 54.8 Å². The van der Waals surface area contributed by atoms with Crippen LogP contribution >= 0.6 is 15.0 Å². The summed E-state index contributed by atoms with van der Waals surface area (Å²) in [6.07, 6.45) is 2.36. The average Bonchev–Trinajstić information content (AvgIpc) is 2.98. The van der Waals surface area contributed by atoms with Crippen molar-refractivity contribution in [3.05, 3.63) is 53.6 Å². The fraction of sp³-hybridized carbons (Fsp3) is 0.515. The summed E-state index contributed by atoms with van der Waals surface area (Å²) in [5, 5.41) is 4.16. The lowest BCUT2D eigenvalue weighted by molar-refractivity contribution is -0.143. The van der Waals surface area contributed by atoms with Crippen LogP contribution in [0.4, 0.5) is 17.6 Å². The molecule has 0 saturated carbocycles. The van der Waals surface area contributed by atoms with Crippen LogP contribution in [-0.2, 0) is 34.6 Å². The number of aryl methyl sites for hydroxylation is 2. The molecule has 0 aliphatic rings. The van der Waals surface area contributed by atoms with Crippen molar-refractivity contribution in [3.63, 3.8) is 0 Å². The fourth-order valence-electron chi connectivity index (χ4n) is 4.70. The third-order valence-electron chi connectivity index (χ3n) is 7.42. The van der Waals surface area contributed by atoms with E-state index in [0.717, 1.165) is 40.9 Å². The van der Waals surface area contributed by atoms with E-state index < -0.39 is 61.9 Å². The average molecular weight is 737 g/mol. The highest BCUT2D eigenvalue weighted by Gasteiger charge is 2.53. The lowest BCUT2D eigenvalue weighted by atomic mass is 9.91. The maximum atomic E-state index is 15.3. The molecule has 0 bridgehead atoms. The molecule has 0 aliphatic carbocycles. The number of rotatable bonds is 18. The first-order valence-corrected chi connectivity index (χ1v) is 18.8. The molecule has 274 valence electrons. The molecule has 16 heteroatoms. The van der Waals surface area contributed by atoms with Crippen LogP contribution in [0.1, 0.15) is 77.5 Å². The van der Waals surface area contributed by atoms with Gasteiger partial charge in [0.05, 0.1) is 19.8 Å². The van der Waals surface area contributed by atoms with Crippen LogP contribution in [-0.4, -0.2) is 49.6 Å². The van der Waals surface area contributed by atoms with Crippen LogP contribution in [0.25, 0.3) is 16.7 Å². The third-order valence-corrected chi connectivity index (χ3v) is 11.9. The van der Waals surface area contributed by atoms with Crippen LogP contribution < -0.4 is 19.2 Å². The first-order valence-electron chi connectivity index (χ1n) is 15.5. The normalized spacial score (nSPS) is 15.7. The molecule has 0 fully saturated rings. The van der Waals surface area contributed by atoms with Gasteiger partial charge in [-0.2, -0.15) is 17.6 Å². The highest BCUT2D eigenvalue weighted by Crippen LogP contribution is 2.62. The van der Waals surface area contributed by atoms with E-state index in [2.05, 4.69) is 26.2 Å². The molecule has 2 rings (SSSR count). The summed E-state index contributed by atoms with van der Waals surface area (Å²) in [5.74, 6) is -3.02. The number of esters is 2. The van der Waals surface area contributed by atoms with Gasteiger partial charge >= 0.3 is 38.3 Å². The largest absolute Gasteiger partial charge is 0.468 e. The minimum atomic E-state index is -5.40. The van der Waals surface area contributed by atoms with Crippen molar-refractivity contribution in [3.8, 4) is 22.6 Å². The molecule has 49 heavy (non-hydrogen) atoms. The van der Waals surface area contributed by atoms with Crippen molar-refractivity contribution >= 4 is 32.6 Å². The van der Waals surface area contributed by atoms with Gasteiger partial charge in [0.25, 0.3) is 0 Å². The molecule has 0 heterocycles. The Hall–Kier alpha value is -3.18. The van der Waals surface area contributed by atoms with Crippen molar-refractivity contribution in [2.45, 2.75) is 97.6 Å². The van der Waals surface area contributed by atoms with Gasteiger partial charge in [-0.15, -0.1) is 0 Å². The Labute approximate surface area is 285 Å². The maximum Gasteiger partial charge on any atom is 0.385 e. The molecule has 2 unspecified atom stereocenters. The predicted molar refractivity (Wildman–Crippen MR) is 181 cm³/mol. The summed E-state index contributed by atoms with van der Waals surface area (Å²) >= 11 is 0. The summed E-state index contributed by atoms with van der Waals surface area (Å²) in [6.45, 7) is 12.2. The summed E-state index contributed by atoms with van der Waals surface area (Å²) in [6, 6.07) is 4.54. The predicted octanol–water partition coefficient (Wildman–Crippen LogP) is 9.10. The topological polar surface area (TPSA) is 129 Å². The van der Waals surface area contributed by atoms with E-state index in [9.17, 15) is 18.7 Å². The van der Waals surface area contributed by atoms with Crippen molar-refractivity contribution in [1.29, 1.82) is 0 Å². The number of benzene rings is 2. The van der Waals surface area contributed by atoms with Crippen LogP contribution in [0.2, 0.25) is 0 Å². The molecule has 4 atom stereocenters. The smallest absolute Gasteiger partial charge is 0.385 e. The monoisotopic (exact) mass is 736 g/mol. The highest BCUT2D eigenvalue weighted by molar-refractivity contribution is 7.59. The molecule has 2 aromatic carbocycles. The summed E-state index contributed by atoms with van der Waals surface area (Å²) in [7, 11) is -8.76. The number of hydrogen-bond donors (Lipinski definition) is 2. The number of unbranched alkanes of at least 4 members (excludes halogenated alkanes) is 2. The molecule has 10 nitrogen and oxygen atoms in total. The van der Waals surface area contributed by atoms with E-state index in [1.807, 2.05) is 6.92 Å². The minimum absolute atomic E-state index is 0.177. The number of methoxy groups -OCH3 is 2. The van der Waals surface area contributed by atoms with E-state index in [4.69, 9.17) is 9.05 Å². The number of ether oxygens (including phenoxy) is 2. The zero-order valence-corrected chi connectivity index (χ0v) is 31.0. The van der Waals surface area contributed by atoms with Gasteiger partial charge in [0.2, 0.25) is 0 Å². The van der Waals surface area contributed by atoms with E-state index in [0.29, 0.717) is 42.5 Å². The Balaban J connectivity index is 3.12. The van der Waals surface area contributed by atoms with Gasteiger partial charge in [-0.05, 0) is 69.4 Å². The van der Waals surface area contributed by atoms with Gasteiger partial charge in [-0.25, -0.2) is 10.2 Å². The van der Waals surface area contributed by atoms with Gasteiger partial charge in [-0.1, -0.05) is 55.7 Å². The van der Waals surface area contributed by atoms with Crippen LogP contribution in [0.5, 0.6) is 11.5 Å². The number of nitrogens with one attached hydrogen (secondary N) is 2. The number of carbonyl (C=O) groups excluding carboxylic acids is 2. The summed E-state index contributed by atoms with van der Waals surface area (Å²) < 4.78 is 110. The molecule has 0 aromatic heterocycles. The van der Waals surface area contributed by atoms with Gasteiger partial charge in [0.15, 0.2) is 0 Å². The number of halogens is 4. The zero-order valence-electron chi connectivity index (χ0n) is 29.2. The Morgan fingerprint density at radius 2 is 1.31 bits per heavy atom. The molecule has 2 N–H and O–H groups in total. The standard InChI is InChI=1S/C33H46F4N2O8P2/c1-11-12-13-14-24-18-27(46-48(42,32(7,34)35)38-22(5)30(40)44-9)29(26-17-21(4)15-16-25(26)20(2)3)28(19-24)47-49(43,33(8,36)37)39-23(6)31(41)45-10/h15-19,22-23H,2,11-14H2,1,3-10H3,(H,38,42)(H,39,43)/t22-,23-,48?,49?/m0/s1. The maximum absolute atomic E-state index is 15.3. The SMILES string of the molecule is C=C(C)c1ccc(C)cc1-c1c(OP(=O)(N[C@@H](C)C(=O)OC)C(C)(F)F)cc(CCCCC)cc1OP(=O)(N[C@@H](C)C(=O)OC)C(C)(F)F. The second kappa shape index (κ2) is 16.7. The molecule has 0 radical (unpaired) electrons. The summed E-state index contributed by atoms with van der Waals surface area (Å²) in [5.41, 5.74) is -6.45. The number of allylic oxidation sites excluding steroid dienone is 1. The first kappa shape index (κ1) is 42.0. The van der Waals surface area contributed by atoms with E-state index >= 15 is 17.6 Å². The molecule has 0 aliphatic heterocycles. The summed E-state index contributed by atoms with van der Waals surface area (Å²) in [4.78, 5) is 24.4. The second-order valence-electron chi connectivity index (χ2n) is 12.0. The Morgan fingerprint density at radius 3 is 1.67 bits per heavy atom. The van der Waals surface area contributed by atoms with Crippen LogP contribution in [0.15, 0.2) is 36.9 Å². The molecule has 0 amide bonds. The van der Waals surface area contributed by atoms with Gasteiger partial charge in [-0.3, -0.25) is 18.7 Å². The van der Waals surface area contributed by atoms with Crippen LogP contribution in [0, 0.1) is 6.92 Å². The molecular formula is C33H46F4N2O8P2. The lowest BCUT2D eigenvalue weighted by Gasteiger charge is -2.31. The lowest BCUT2D eigenvalue weighted by Crippen LogP contribution is -2.38.